The van der Waals surface area contributed by atoms with Crippen molar-refractivity contribution in [2.75, 3.05) is 11.4 Å². The highest BCUT2D eigenvalue weighted by atomic mass is 79.9. The first-order valence-electron chi connectivity index (χ1n) is 7.25. The Morgan fingerprint density at radius 2 is 1.95 bits per heavy atom. The fourth-order valence-corrected chi connectivity index (χ4v) is 2.59. The minimum Gasteiger partial charge on any atom is -0.389 e. The zero-order valence-electron chi connectivity index (χ0n) is 12.5. The Balaban J connectivity index is 3.15. The number of anilines is 1. The van der Waals surface area contributed by atoms with Crippen LogP contribution in [0.4, 0.5) is 5.69 Å². The Morgan fingerprint density at radius 3 is 2.47 bits per heavy atom. The lowest BCUT2D eigenvalue weighted by molar-refractivity contribution is 0.199. The number of benzene rings is 1. The maximum Gasteiger partial charge on any atom is 0.0782 e. The van der Waals surface area contributed by atoms with Gasteiger partial charge in [-0.05, 0) is 38.8 Å². The molecular formula is C16H26BrNO. The summed E-state index contributed by atoms with van der Waals surface area (Å²) < 4.78 is 1.07. The van der Waals surface area contributed by atoms with E-state index < -0.39 is 6.10 Å². The number of hydrogen-bond donors (Lipinski definition) is 1. The van der Waals surface area contributed by atoms with E-state index in [2.05, 4.69) is 47.7 Å². The molecule has 0 radical (unpaired) electrons. The van der Waals surface area contributed by atoms with Gasteiger partial charge >= 0.3 is 0 Å². The molecule has 0 amide bonds. The van der Waals surface area contributed by atoms with Crippen LogP contribution in [0.25, 0.3) is 0 Å². The second-order valence-electron chi connectivity index (χ2n) is 5.18. The van der Waals surface area contributed by atoms with Crippen molar-refractivity contribution in [2.45, 2.75) is 59.1 Å². The summed E-state index contributed by atoms with van der Waals surface area (Å²) in [7, 11) is 0. The molecule has 0 spiro atoms. The molecule has 3 heteroatoms. The Bertz CT molecular complexity index is 392. The zero-order chi connectivity index (χ0) is 14.4. The number of aliphatic hydroxyl groups excluding tert-OH is 1. The molecule has 19 heavy (non-hydrogen) atoms. The Labute approximate surface area is 126 Å². The molecule has 1 N–H and O–H groups in total. The van der Waals surface area contributed by atoms with Gasteiger partial charge in [-0.25, -0.2) is 0 Å². The van der Waals surface area contributed by atoms with E-state index in [-0.39, 0.29) is 0 Å². The SMILES string of the molecule is CCCCN(c1cc(Br)ccc1C(C)O)C(C)CC. The van der Waals surface area contributed by atoms with Crippen LogP contribution in [0.3, 0.4) is 0 Å². The molecule has 1 aromatic carbocycles. The van der Waals surface area contributed by atoms with Crippen molar-refractivity contribution in [3.05, 3.63) is 28.2 Å². The quantitative estimate of drug-likeness (QED) is 0.769. The molecule has 0 aliphatic rings. The van der Waals surface area contributed by atoms with E-state index in [1.165, 1.54) is 12.8 Å². The van der Waals surface area contributed by atoms with Crippen LogP contribution >= 0.6 is 15.9 Å². The normalized spacial score (nSPS) is 14.2. The van der Waals surface area contributed by atoms with E-state index in [1.807, 2.05) is 19.1 Å². The average molecular weight is 328 g/mol. The summed E-state index contributed by atoms with van der Waals surface area (Å²) in [5.74, 6) is 0. The highest BCUT2D eigenvalue weighted by Crippen LogP contribution is 2.31. The summed E-state index contributed by atoms with van der Waals surface area (Å²) in [6.45, 7) is 9.56. The van der Waals surface area contributed by atoms with E-state index in [0.717, 1.165) is 28.7 Å². The molecule has 1 rings (SSSR count). The molecule has 0 saturated carbocycles. The molecule has 2 nitrogen and oxygen atoms in total. The van der Waals surface area contributed by atoms with Crippen molar-refractivity contribution in [1.29, 1.82) is 0 Å². The predicted molar refractivity (Wildman–Crippen MR) is 86.8 cm³/mol. The molecule has 1 aromatic rings. The second-order valence-corrected chi connectivity index (χ2v) is 6.10. The lowest BCUT2D eigenvalue weighted by Crippen LogP contribution is -2.34. The molecular weight excluding hydrogens is 302 g/mol. The van der Waals surface area contributed by atoms with E-state index in [9.17, 15) is 5.11 Å². The first-order chi connectivity index (χ1) is 9.01. The summed E-state index contributed by atoms with van der Waals surface area (Å²) in [6, 6.07) is 6.63. The third kappa shape index (κ3) is 4.50. The highest BCUT2D eigenvalue weighted by molar-refractivity contribution is 9.10. The minimum absolute atomic E-state index is 0.434. The topological polar surface area (TPSA) is 23.5 Å². The molecule has 0 aromatic heterocycles. The molecule has 108 valence electrons. The van der Waals surface area contributed by atoms with Gasteiger partial charge < -0.3 is 10.0 Å². The lowest BCUT2D eigenvalue weighted by Gasteiger charge is -2.33. The fourth-order valence-electron chi connectivity index (χ4n) is 2.25. The molecule has 0 aliphatic carbocycles. The Morgan fingerprint density at radius 1 is 1.26 bits per heavy atom. The van der Waals surface area contributed by atoms with Crippen LogP contribution in [-0.4, -0.2) is 17.7 Å². The van der Waals surface area contributed by atoms with Crippen molar-refractivity contribution in [3.8, 4) is 0 Å². The van der Waals surface area contributed by atoms with Gasteiger partial charge in [-0.15, -0.1) is 0 Å². The van der Waals surface area contributed by atoms with Gasteiger partial charge in [0.05, 0.1) is 6.10 Å². The standard InChI is InChI=1S/C16H26BrNO/c1-5-7-10-18(12(3)6-2)16-11-14(17)8-9-15(16)13(4)19/h8-9,11-13,19H,5-7,10H2,1-4H3. The van der Waals surface area contributed by atoms with E-state index in [0.29, 0.717) is 6.04 Å². The number of unbranched alkanes of at least 4 members (excludes halogenated alkanes) is 1. The maximum atomic E-state index is 9.98. The van der Waals surface area contributed by atoms with Crippen LogP contribution in [0.2, 0.25) is 0 Å². The van der Waals surface area contributed by atoms with Gasteiger partial charge in [0, 0.05) is 28.3 Å². The largest absolute Gasteiger partial charge is 0.389 e. The fraction of sp³-hybridized carbons (Fsp3) is 0.625. The van der Waals surface area contributed by atoms with Crippen LogP contribution in [0.15, 0.2) is 22.7 Å². The van der Waals surface area contributed by atoms with Crippen LogP contribution in [0, 0.1) is 0 Å². The molecule has 0 saturated heterocycles. The smallest absolute Gasteiger partial charge is 0.0782 e. The first-order valence-corrected chi connectivity index (χ1v) is 8.04. The number of aliphatic hydroxyl groups is 1. The third-order valence-corrected chi connectivity index (χ3v) is 4.12. The van der Waals surface area contributed by atoms with Crippen molar-refractivity contribution in [3.63, 3.8) is 0 Å². The van der Waals surface area contributed by atoms with Crippen molar-refractivity contribution < 1.29 is 5.11 Å². The maximum absolute atomic E-state index is 9.98. The van der Waals surface area contributed by atoms with Gasteiger partial charge in [0.15, 0.2) is 0 Å². The summed E-state index contributed by atoms with van der Waals surface area (Å²) >= 11 is 3.54. The summed E-state index contributed by atoms with van der Waals surface area (Å²) in [6.07, 6.45) is 3.03. The van der Waals surface area contributed by atoms with Gasteiger partial charge in [-0.3, -0.25) is 0 Å². The highest BCUT2D eigenvalue weighted by Gasteiger charge is 2.18. The summed E-state index contributed by atoms with van der Waals surface area (Å²) in [5, 5.41) is 9.98. The van der Waals surface area contributed by atoms with Crippen LogP contribution in [-0.2, 0) is 0 Å². The van der Waals surface area contributed by atoms with Crippen molar-refractivity contribution >= 4 is 21.6 Å². The van der Waals surface area contributed by atoms with Gasteiger partial charge in [-0.2, -0.15) is 0 Å². The van der Waals surface area contributed by atoms with Crippen LogP contribution in [0.5, 0.6) is 0 Å². The zero-order valence-corrected chi connectivity index (χ0v) is 14.1. The molecule has 0 aliphatic heterocycles. The molecule has 2 atom stereocenters. The molecule has 0 heterocycles. The molecule has 0 fully saturated rings. The molecule has 2 unspecified atom stereocenters. The lowest BCUT2D eigenvalue weighted by atomic mass is 10.0. The molecule has 0 bridgehead atoms. The third-order valence-electron chi connectivity index (χ3n) is 3.63. The van der Waals surface area contributed by atoms with Gasteiger partial charge in [0.2, 0.25) is 0 Å². The number of halogens is 1. The number of nitrogens with zero attached hydrogens (tertiary/aromatic N) is 1. The van der Waals surface area contributed by atoms with E-state index >= 15 is 0 Å². The summed E-state index contributed by atoms with van der Waals surface area (Å²) in [4.78, 5) is 2.43. The van der Waals surface area contributed by atoms with E-state index in [1.54, 1.807) is 0 Å². The summed E-state index contributed by atoms with van der Waals surface area (Å²) in [5.41, 5.74) is 2.17. The Kier molecular flexibility index (Phi) is 6.87. The number of hydrogen-bond acceptors (Lipinski definition) is 2. The van der Waals surface area contributed by atoms with E-state index in [4.69, 9.17) is 0 Å². The van der Waals surface area contributed by atoms with Crippen molar-refractivity contribution in [1.82, 2.24) is 0 Å². The monoisotopic (exact) mass is 327 g/mol. The Hall–Kier alpha value is -0.540. The minimum atomic E-state index is -0.434. The predicted octanol–water partition coefficient (Wildman–Crippen LogP) is 4.91. The van der Waals surface area contributed by atoms with Crippen molar-refractivity contribution in [2.24, 2.45) is 0 Å². The van der Waals surface area contributed by atoms with Gasteiger partial charge in [0.1, 0.15) is 0 Å². The first kappa shape index (κ1) is 16.5. The second kappa shape index (κ2) is 7.91. The van der Waals surface area contributed by atoms with Gasteiger partial charge in [-0.1, -0.05) is 42.3 Å². The van der Waals surface area contributed by atoms with Crippen LogP contribution < -0.4 is 4.90 Å². The van der Waals surface area contributed by atoms with Crippen LogP contribution in [0.1, 0.15) is 58.6 Å². The number of rotatable bonds is 7. The van der Waals surface area contributed by atoms with Gasteiger partial charge in [0.25, 0.3) is 0 Å². The average Bonchev–Trinajstić information content (AvgIpc) is 2.38.